The smallest absolute Gasteiger partial charge is 0.128 e. The maximum atomic E-state index is 13.7. The van der Waals surface area contributed by atoms with Gasteiger partial charge in [0, 0.05) is 29.8 Å². The fraction of sp³-hybridized carbons (Fsp3) is 0.250. The lowest BCUT2D eigenvalue weighted by atomic mass is 10.1. The van der Waals surface area contributed by atoms with Crippen molar-refractivity contribution in [1.82, 2.24) is 5.32 Å². The van der Waals surface area contributed by atoms with Crippen molar-refractivity contribution >= 4 is 0 Å². The summed E-state index contributed by atoms with van der Waals surface area (Å²) in [6.45, 7) is 2.06. The molecule has 2 N–H and O–H groups in total. The lowest BCUT2D eigenvalue weighted by Gasteiger charge is -2.16. The van der Waals surface area contributed by atoms with E-state index in [1.165, 1.54) is 19.2 Å². The van der Waals surface area contributed by atoms with E-state index < -0.39 is 11.6 Å². The number of hydrogen-bond donors (Lipinski definition) is 2. The number of nitrogens with one attached hydrogen (secondary N) is 1. The monoisotopic (exact) mass is 293 g/mol. The second kappa shape index (κ2) is 6.54. The largest absolute Gasteiger partial charge is 0.507 e. The summed E-state index contributed by atoms with van der Waals surface area (Å²) in [6.07, 6.45) is 0. The van der Waals surface area contributed by atoms with E-state index in [9.17, 15) is 13.9 Å². The van der Waals surface area contributed by atoms with Gasteiger partial charge < -0.3 is 15.2 Å². The van der Waals surface area contributed by atoms with Crippen molar-refractivity contribution in [2.24, 2.45) is 0 Å². The Hall–Kier alpha value is -2.14. The minimum absolute atomic E-state index is 0.0914. The molecular weight excluding hydrogens is 276 g/mol. The molecule has 0 spiro atoms. The summed E-state index contributed by atoms with van der Waals surface area (Å²) in [5.41, 5.74) is 0.905. The van der Waals surface area contributed by atoms with Gasteiger partial charge in [-0.05, 0) is 31.2 Å². The van der Waals surface area contributed by atoms with Gasteiger partial charge in [0.25, 0.3) is 0 Å². The van der Waals surface area contributed by atoms with Crippen LogP contribution in [0.5, 0.6) is 11.5 Å². The Bertz CT molecular complexity index is 632. The lowest BCUT2D eigenvalue weighted by Crippen LogP contribution is -2.19. The van der Waals surface area contributed by atoms with Crippen LogP contribution >= 0.6 is 0 Å². The molecule has 2 aromatic carbocycles. The van der Waals surface area contributed by atoms with Crippen molar-refractivity contribution in [3.05, 3.63) is 59.2 Å². The zero-order valence-corrected chi connectivity index (χ0v) is 11.9. The SMILES string of the molecule is COc1ccc(CNC(C)c2cc(F)ccc2F)c(O)c1. The Balaban J connectivity index is 2.07. The van der Waals surface area contributed by atoms with Gasteiger partial charge in [0.05, 0.1) is 7.11 Å². The molecule has 1 unspecified atom stereocenters. The third kappa shape index (κ3) is 3.70. The van der Waals surface area contributed by atoms with E-state index in [4.69, 9.17) is 4.74 Å². The number of rotatable bonds is 5. The van der Waals surface area contributed by atoms with Crippen molar-refractivity contribution in [3.63, 3.8) is 0 Å². The molecule has 21 heavy (non-hydrogen) atoms. The topological polar surface area (TPSA) is 41.5 Å². The number of ether oxygens (including phenoxy) is 1. The molecule has 2 aromatic rings. The minimum Gasteiger partial charge on any atom is -0.507 e. The standard InChI is InChI=1S/C16H17F2NO2/c1-10(14-7-12(17)4-6-15(14)18)19-9-11-3-5-13(21-2)8-16(11)20/h3-8,10,19-20H,9H2,1-2H3. The zero-order chi connectivity index (χ0) is 15.4. The molecule has 2 rings (SSSR count). The highest BCUT2D eigenvalue weighted by atomic mass is 19.1. The summed E-state index contributed by atoms with van der Waals surface area (Å²) in [5, 5.41) is 12.9. The van der Waals surface area contributed by atoms with Crippen LogP contribution in [0, 0.1) is 11.6 Å². The summed E-state index contributed by atoms with van der Waals surface area (Å²) in [6, 6.07) is 7.92. The first-order chi connectivity index (χ1) is 10.0. The molecule has 0 amide bonds. The van der Waals surface area contributed by atoms with Gasteiger partial charge in [-0.25, -0.2) is 8.78 Å². The van der Waals surface area contributed by atoms with Crippen molar-refractivity contribution in [1.29, 1.82) is 0 Å². The number of aromatic hydroxyl groups is 1. The molecule has 0 radical (unpaired) electrons. The van der Waals surface area contributed by atoms with Gasteiger partial charge >= 0.3 is 0 Å². The van der Waals surface area contributed by atoms with Crippen LogP contribution in [-0.2, 0) is 6.54 Å². The summed E-state index contributed by atoms with van der Waals surface area (Å²) >= 11 is 0. The maximum absolute atomic E-state index is 13.7. The van der Waals surface area contributed by atoms with Gasteiger partial charge in [-0.15, -0.1) is 0 Å². The summed E-state index contributed by atoms with van der Waals surface area (Å²) in [5.74, 6) is -0.295. The number of phenolic OH excluding ortho intramolecular Hbond substituents is 1. The molecule has 0 bridgehead atoms. The Kier molecular flexibility index (Phi) is 4.75. The highest BCUT2D eigenvalue weighted by molar-refractivity contribution is 5.39. The van der Waals surface area contributed by atoms with Crippen LogP contribution in [0.15, 0.2) is 36.4 Å². The van der Waals surface area contributed by atoms with E-state index in [2.05, 4.69) is 5.32 Å². The highest BCUT2D eigenvalue weighted by Gasteiger charge is 2.12. The second-order valence-corrected chi connectivity index (χ2v) is 4.76. The Morgan fingerprint density at radius 1 is 1.19 bits per heavy atom. The van der Waals surface area contributed by atoms with E-state index >= 15 is 0 Å². The molecular formula is C16H17F2NO2. The van der Waals surface area contributed by atoms with Crippen LogP contribution in [-0.4, -0.2) is 12.2 Å². The van der Waals surface area contributed by atoms with Crippen molar-refractivity contribution in [3.8, 4) is 11.5 Å². The van der Waals surface area contributed by atoms with E-state index in [-0.39, 0.29) is 17.4 Å². The average Bonchev–Trinajstić information content (AvgIpc) is 2.48. The summed E-state index contributed by atoms with van der Waals surface area (Å²) in [4.78, 5) is 0. The predicted octanol–water partition coefficient (Wildman–Crippen LogP) is 3.53. The molecule has 0 fully saturated rings. The number of halogens is 2. The lowest BCUT2D eigenvalue weighted by molar-refractivity contribution is 0.405. The van der Waals surface area contributed by atoms with Gasteiger partial charge in [-0.3, -0.25) is 0 Å². The molecule has 0 aromatic heterocycles. The van der Waals surface area contributed by atoms with Crippen LogP contribution in [0.2, 0.25) is 0 Å². The molecule has 0 heterocycles. The number of phenols is 1. The first-order valence-electron chi connectivity index (χ1n) is 6.55. The average molecular weight is 293 g/mol. The van der Waals surface area contributed by atoms with Gasteiger partial charge in [0.2, 0.25) is 0 Å². The minimum atomic E-state index is -0.479. The third-order valence-electron chi connectivity index (χ3n) is 3.32. The van der Waals surface area contributed by atoms with E-state index in [1.54, 1.807) is 19.1 Å². The number of benzene rings is 2. The van der Waals surface area contributed by atoms with Crippen LogP contribution in [0.1, 0.15) is 24.1 Å². The first-order valence-corrected chi connectivity index (χ1v) is 6.55. The van der Waals surface area contributed by atoms with Gasteiger partial charge in [0.1, 0.15) is 23.1 Å². The summed E-state index contributed by atoms with van der Waals surface area (Å²) < 4.78 is 31.8. The zero-order valence-electron chi connectivity index (χ0n) is 11.9. The molecule has 0 aliphatic carbocycles. The Morgan fingerprint density at radius 3 is 2.62 bits per heavy atom. The first kappa shape index (κ1) is 15.3. The third-order valence-corrected chi connectivity index (χ3v) is 3.32. The van der Waals surface area contributed by atoms with Gasteiger partial charge in [0.15, 0.2) is 0 Å². The van der Waals surface area contributed by atoms with Crippen molar-refractivity contribution < 1.29 is 18.6 Å². The normalized spacial score (nSPS) is 12.2. The molecule has 0 aliphatic rings. The Morgan fingerprint density at radius 2 is 1.95 bits per heavy atom. The van der Waals surface area contributed by atoms with Crippen molar-refractivity contribution in [2.45, 2.75) is 19.5 Å². The van der Waals surface area contributed by atoms with E-state index in [0.29, 0.717) is 17.9 Å². The van der Waals surface area contributed by atoms with E-state index in [0.717, 1.165) is 12.1 Å². The van der Waals surface area contributed by atoms with Crippen molar-refractivity contribution in [2.75, 3.05) is 7.11 Å². The predicted molar refractivity (Wildman–Crippen MR) is 76.3 cm³/mol. The molecule has 0 saturated carbocycles. The Labute approximate surface area is 122 Å². The highest BCUT2D eigenvalue weighted by Crippen LogP contribution is 2.24. The maximum Gasteiger partial charge on any atom is 0.128 e. The molecule has 0 aliphatic heterocycles. The number of methoxy groups -OCH3 is 1. The quantitative estimate of drug-likeness (QED) is 0.886. The van der Waals surface area contributed by atoms with Crippen LogP contribution < -0.4 is 10.1 Å². The molecule has 5 heteroatoms. The van der Waals surface area contributed by atoms with Crippen LogP contribution in [0.4, 0.5) is 8.78 Å². The number of hydrogen-bond acceptors (Lipinski definition) is 3. The van der Waals surface area contributed by atoms with Gasteiger partial charge in [-0.1, -0.05) is 6.07 Å². The van der Waals surface area contributed by atoms with E-state index in [1.807, 2.05) is 0 Å². The molecule has 0 saturated heterocycles. The van der Waals surface area contributed by atoms with Crippen LogP contribution in [0.25, 0.3) is 0 Å². The molecule has 3 nitrogen and oxygen atoms in total. The van der Waals surface area contributed by atoms with Gasteiger partial charge in [-0.2, -0.15) is 0 Å². The molecule has 112 valence electrons. The fourth-order valence-corrected chi connectivity index (χ4v) is 2.04. The molecule has 1 atom stereocenters. The summed E-state index contributed by atoms with van der Waals surface area (Å²) in [7, 11) is 1.52. The van der Waals surface area contributed by atoms with Crippen LogP contribution in [0.3, 0.4) is 0 Å². The second-order valence-electron chi connectivity index (χ2n) is 4.76. The fourth-order valence-electron chi connectivity index (χ4n) is 2.04.